The summed E-state index contributed by atoms with van der Waals surface area (Å²) in [6.45, 7) is 12.8. The average molecular weight is 499 g/mol. The van der Waals surface area contributed by atoms with Gasteiger partial charge in [0.25, 0.3) is 11.8 Å². The lowest BCUT2D eigenvalue weighted by Gasteiger charge is -2.35. The highest BCUT2D eigenvalue weighted by Crippen LogP contribution is 2.15. The Bertz CT molecular complexity index is 837. The molecule has 8 heteroatoms. The van der Waals surface area contributed by atoms with E-state index in [1.807, 2.05) is 9.80 Å². The van der Waals surface area contributed by atoms with Gasteiger partial charge in [0.15, 0.2) is 0 Å². The summed E-state index contributed by atoms with van der Waals surface area (Å²) in [6, 6.07) is 6.84. The minimum absolute atomic E-state index is 0.0724. The minimum atomic E-state index is -0.0724. The van der Waals surface area contributed by atoms with Crippen LogP contribution < -0.4 is 0 Å². The molecule has 2 fully saturated rings. The van der Waals surface area contributed by atoms with Crippen molar-refractivity contribution in [3.05, 3.63) is 35.4 Å². The zero-order valence-corrected chi connectivity index (χ0v) is 22.4. The standard InChI is InChI=1S/C28H42N4O4/c1-21(2)5-11-25(33)29-13-17-31(18-14-29)27(35)23-7-9-24(10-8-23)28(36)32-19-15-30(16-20-32)26(34)12-6-22(3)4/h7-10,21-22H,5-6,11-20H2,1-4H3. The first-order valence-corrected chi connectivity index (χ1v) is 13.4. The minimum Gasteiger partial charge on any atom is -0.339 e. The number of nitrogens with zero attached hydrogens (tertiary/aromatic N) is 4. The van der Waals surface area contributed by atoms with Gasteiger partial charge >= 0.3 is 0 Å². The fourth-order valence-corrected chi connectivity index (χ4v) is 4.58. The van der Waals surface area contributed by atoms with E-state index >= 15 is 0 Å². The van der Waals surface area contributed by atoms with E-state index in [1.54, 1.807) is 34.1 Å². The quantitative estimate of drug-likeness (QED) is 0.552. The second-order valence-electron chi connectivity index (χ2n) is 10.8. The lowest BCUT2D eigenvalue weighted by Crippen LogP contribution is -2.50. The van der Waals surface area contributed by atoms with Gasteiger partial charge in [-0.1, -0.05) is 27.7 Å². The predicted molar refractivity (Wildman–Crippen MR) is 140 cm³/mol. The largest absolute Gasteiger partial charge is 0.339 e. The summed E-state index contributed by atoms with van der Waals surface area (Å²) in [6.07, 6.45) is 2.89. The second-order valence-corrected chi connectivity index (χ2v) is 10.8. The number of amides is 4. The van der Waals surface area contributed by atoms with Crippen molar-refractivity contribution in [3.63, 3.8) is 0 Å². The van der Waals surface area contributed by atoms with Gasteiger partial charge in [-0.2, -0.15) is 0 Å². The van der Waals surface area contributed by atoms with Gasteiger partial charge in [-0.25, -0.2) is 0 Å². The average Bonchev–Trinajstić information content (AvgIpc) is 2.89. The lowest BCUT2D eigenvalue weighted by atomic mass is 10.1. The molecule has 1 aromatic carbocycles. The third kappa shape index (κ3) is 7.55. The van der Waals surface area contributed by atoms with Crippen LogP contribution in [-0.4, -0.2) is 95.6 Å². The normalized spacial score (nSPS) is 16.6. The van der Waals surface area contributed by atoms with Crippen LogP contribution >= 0.6 is 0 Å². The molecule has 2 saturated heterocycles. The third-order valence-electron chi connectivity index (χ3n) is 7.09. The van der Waals surface area contributed by atoms with E-state index < -0.39 is 0 Å². The highest BCUT2D eigenvalue weighted by molar-refractivity contribution is 5.98. The maximum Gasteiger partial charge on any atom is 0.253 e. The first-order chi connectivity index (χ1) is 17.2. The van der Waals surface area contributed by atoms with E-state index in [4.69, 9.17) is 0 Å². The number of carbonyl (C=O) groups excluding carboxylic acids is 4. The summed E-state index contributed by atoms with van der Waals surface area (Å²) < 4.78 is 0. The first kappa shape index (κ1) is 27.7. The van der Waals surface area contributed by atoms with Crippen molar-refractivity contribution < 1.29 is 19.2 Å². The molecule has 0 aromatic heterocycles. The molecule has 0 atom stereocenters. The fraction of sp³-hybridized carbons (Fsp3) is 0.643. The Morgan fingerprint density at radius 2 is 0.833 bits per heavy atom. The predicted octanol–water partition coefficient (Wildman–Crippen LogP) is 3.13. The van der Waals surface area contributed by atoms with Crippen LogP contribution in [0.3, 0.4) is 0 Å². The number of piperazine rings is 2. The highest BCUT2D eigenvalue weighted by Gasteiger charge is 2.27. The number of benzene rings is 1. The topological polar surface area (TPSA) is 81.2 Å². The Morgan fingerprint density at radius 1 is 0.556 bits per heavy atom. The van der Waals surface area contributed by atoms with Crippen molar-refractivity contribution in [2.45, 2.75) is 53.4 Å². The van der Waals surface area contributed by atoms with Gasteiger partial charge in [-0.05, 0) is 48.9 Å². The monoisotopic (exact) mass is 498 g/mol. The summed E-state index contributed by atoms with van der Waals surface area (Å²) in [7, 11) is 0. The van der Waals surface area contributed by atoms with E-state index in [1.165, 1.54) is 0 Å². The molecule has 0 aliphatic carbocycles. The fourth-order valence-electron chi connectivity index (χ4n) is 4.58. The van der Waals surface area contributed by atoms with Gasteiger partial charge in [0.05, 0.1) is 0 Å². The van der Waals surface area contributed by atoms with Gasteiger partial charge in [-0.15, -0.1) is 0 Å². The van der Waals surface area contributed by atoms with Crippen molar-refractivity contribution >= 4 is 23.6 Å². The van der Waals surface area contributed by atoms with E-state index in [-0.39, 0.29) is 23.6 Å². The molecule has 0 spiro atoms. The summed E-state index contributed by atoms with van der Waals surface area (Å²) in [5.74, 6) is 1.19. The van der Waals surface area contributed by atoms with Crippen molar-refractivity contribution in [1.29, 1.82) is 0 Å². The van der Waals surface area contributed by atoms with Crippen LogP contribution in [0.25, 0.3) is 0 Å². The van der Waals surface area contributed by atoms with Crippen LogP contribution in [0.1, 0.15) is 74.1 Å². The SMILES string of the molecule is CC(C)CCC(=O)N1CCN(C(=O)c2ccc(C(=O)N3CCN(C(=O)CCC(C)C)CC3)cc2)CC1. The Kier molecular flexibility index (Phi) is 9.90. The van der Waals surface area contributed by atoms with Gasteiger partial charge in [0.1, 0.15) is 0 Å². The van der Waals surface area contributed by atoms with E-state index in [2.05, 4.69) is 27.7 Å². The number of hydrogen-bond acceptors (Lipinski definition) is 4. The van der Waals surface area contributed by atoms with Crippen LogP contribution in [0.15, 0.2) is 24.3 Å². The Morgan fingerprint density at radius 3 is 1.11 bits per heavy atom. The van der Waals surface area contributed by atoms with Crippen molar-refractivity contribution in [2.75, 3.05) is 52.4 Å². The zero-order chi connectivity index (χ0) is 26.2. The summed E-state index contributed by atoms with van der Waals surface area (Å²) in [5, 5.41) is 0. The molecule has 0 unspecified atom stereocenters. The smallest absolute Gasteiger partial charge is 0.253 e. The molecule has 198 valence electrons. The molecule has 0 N–H and O–H groups in total. The van der Waals surface area contributed by atoms with Crippen LogP contribution in [0.5, 0.6) is 0 Å². The molecule has 0 bridgehead atoms. The Labute approximate surface area is 215 Å². The summed E-state index contributed by atoms with van der Waals surface area (Å²) >= 11 is 0. The van der Waals surface area contributed by atoms with Crippen molar-refractivity contribution in [2.24, 2.45) is 11.8 Å². The number of hydrogen-bond donors (Lipinski definition) is 0. The third-order valence-corrected chi connectivity index (χ3v) is 7.09. The molecule has 1 aromatic rings. The van der Waals surface area contributed by atoms with Crippen molar-refractivity contribution in [1.82, 2.24) is 19.6 Å². The van der Waals surface area contributed by atoms with E-state index in [9.17, 15) is 19.2 Å². The maximum atomic E-state index is 13.0. The number of rotatable bonds is 8. The molecule has 8 nitrogen and oxygen atoms in total. The van der Waals surface area contributed by atoms with Crippen molar-refractivity contribution in [3.8, 4) is 0 Å². The molecular weight excluding hydrogens is 456 g/mol. The zero-order valence-electron chi connectivity index (χ0n) is 22.4. The van der Waals surface area contributed by atoms with Gasteiger partial charge in [0, 0.05) is 76.3 Å². The Balaban J connectivity index is 1.47. The molecule has 4 amide bonds. The molecule has 36 heavy (non-hydrogen) atoms. The summed E-state index contributed by atoms with van der Waals surface area (Å²) in [5.41, 5.74) is 1.10. The molecule has 2 heterocycles. The molecule has 0 radical (unpaired) electrons. The molecule has 3 rings (SSSR count). The van der Waals surface area contributed by atoms with Crippen LogP contribution in [0.2, 0.25) is 0 Å². The summed E-state index contributed by atoms with van der Waals surface area (Å²) in [4.78, 5) is 57.9. The molecular formula is C28H42N4O4. The maximum absolute atomic E-state index is 13.0. The van der Waals surface area contributed by atoms with Crippen LogP contribution in [0.4, 0.5) is 0 Å². The first-order valence-electron chi connectivity index (χ1n) is 13.4. The van der Waals surface area contributed by atoms with E-state index in [0.29, 0.717) is 88.2 Å². The molecule has 2 aliphatic rings. The lowest BCUT2D eigenvalue weighted by molar-refractivity contribution is -0.133. The molecule has 2 aliphatic heterocycles. The van der Waals surface area contributed by atoms with Crippen LogP contribution in [0, 0.1) is 11.8 Å². The molecule has 0 saturated carbocycles. The second kappa shape index (κ2) is 12.9. The number of carbonyl (C=O) groups is 4. The Hall–Kier alpha value is -2.90. The van der Waals surface area contributed by atoms with E-state index in [0.717, 1.165) is 12.8 Å². The van der Waals surface area contributed by atoms with Gasteiger partial charge < -0.3 is 19.6 Å². The highest BCUT2D eigenvalue weighted by atomic mass is 16.2. The van der Waals surface area contributed by atoms with Gasteiger partial charge in [-0.3, -0.25) is 19.2 Å². The van der Waals surface area contributed by atoms with Gasteiger partial charge in [0.2, 0.25) is 11.8 Å². The van der Waals surface area contributed by atoms with Crippen LogP contribution in [-0.2, 0) is 9.59 Å².